The lowest BCUT2D eigenvalue weighted by molar-refractivity contribution is 0.143. The number of aliphatic hydroxyl groups is 1. The van der Waals surface area contributed by atoms with E-state index >= 15 is 0 Å². The molecule has 1 saturated carbocycles. The van der Waals surface area contributed by atoms with Crippen LogP contribution in [0.3, 0.4) is 0 Å². The van der Waals surface area contributed by atoms with Crippen molar-refractivity contribution in [2.45, 2.75) is 44.4 Å². The first-order valence-electron chi connectivity index (χ1n) is 5.46. The quantitative estimate of drug-likeness (QED) is 0.757. The Morgan fingerprint density at radius 2 is 2.40 bits per heavy atom. The molecular formula is C10H18N4O. The van der Waals surface area contributed by atoms with E-state index in [4.69, 9.17) is 0 Å². The average molecular weight is 210 g/mol. The van der Waals surface area contributed by atoms with Crippen LogP contribution in [0.25, 0.3) is 0 Å². The van der Waals surface area contributed by atoms with Gasteiger partial charge in [0.05, 0.1) is 12.1 Å². The van der Waals surface area contributed by atoms with Gasteiger partial charge in [-0.3, -0.25) is 0 Å². The molecule has 0 aromatic carbocycles. The normalized spacial score (nSPS) is 28.2. The van der Waals surface area contributed by atoms with Crippen molar-refractivity contribution in [3.63, 3.8) is 0 Å². The number of hydrogen-bond acceptors (Lipinski definition) is 4. The highest BCUT2D eigenvalue weighted by Crippen LogP contribution is 2.21. The van der Waals surface area contributed by atoms with Gasteiger partial charge in [0.1, 0.15) is 12.2 Å². The Kier molecular flexibility index (Phi) is 3.02. The van der Waals surface area contributed by atoms with E-state index in [2.05, 4.69) is 22.4 Å². The summed E-state index contributed by atoms with van der Waals surface area (Å²) >= 11 is 0. The average Bonchev–Trinajstić information content (AvgIpc) is 2.76. The second kappa shape index (κ2) is 4.28. The number of nitrogens with zero attached hydrogens (tertiary/aromatic N) is 3. The number of hydrogen-bond donors (Lipinski definition) is 2. The maximum Gasteiger partial charge on any atom is 0.149 e. The lowest BCUT2D eigenvalue weighted by Crippen LogP contribution is -2.38. The second-order valence-electron chi connectivity index (χ2n) is 4.29. The van der Waals surface area contributed by atoms with Gasteiger partial charge in [-0.05, 0) is 26.2 Å². The van der Waals surface area contributed by atoms with Crippen LogP contribution in [-0.2, 0) is 7.05 Å². The van der Waals surface area contributed by atoms with E-state index in [1.54, 1.807) is 6.33 Å². The molecule has 5 nitrogen and oxygen atoms in total. The van der Waals surface area contributed by atoms with Crippen LogP contribution in [0, 0.1) is 0 Å². The Morgan fingerprint density at radius 1 is 1.60 bits per heavy atom. The zero-order valence-corrected chi connectivity index (χ0v) is 9.22. The number of aliphatic hydroxyl groups excluding tert-OH is 1. The predicted octanol–water partition coefficient (Wildman–Crippen LogP) is 0.379. The first-order chi connectivity index (χ1) is 7.18. The summed E-state index contributed by atoms with van der Waals surface area (Å²) in [6, 6.07) is 0.340. The van der Waals surface area contributed by atoms with Gasteiger partial charge < -0.3 is 15.0 Å². The van der Waals surface area contributed by atoms with Gasteiger partial charge in [-0.15, -0.1) is 10.2 Å². The third kappa shape index (κ3) is 2.18. The maximum atomic E-state index is 9.70. The van der Waals surface area contributed by atoms with Crippen molar-refractivity contribution in [1.82, 2.24) is 20.1 Å². The molecule has 3 atom stereocenters. The van der Waals surface area contributed by atoms with Crippen LogP contribution in [0.4, 0.5) is 0 Å². The summed E-state index contributed by atoms with van der Waals surface area (Å²) in [4.78, 5) is 0. The van der Waals surface area contributed by atoms with Crippen LogP contribution < -0.4 is 5.32 Å². The van der Waals surface area contributed by atoms with Gasteiger partial charge in [0.2, 0.25) is 0 Å². The molecule has 0 saturated heterocycles. The van der Waals surface area contributed by atoms with Crippen molar-refractivity contribution >= 4 is 0 Å². The van der Waals surface area contributed by atoms with Gasteiger partial charge in [0.15, 0.2) is 0 Å². The van der Waals surface area contributed by atoms with Crippen LogP contribution in [0.2, 0.25) is 0 Å². The summed E-state index contributed by atoms with van der Waals surface area (Å²) in [5.74, 6) is 0.911. The highest BCUT2D eigenvalue weighted by Gasteiger charge is 2.27. The summed E-state index contributed by atoms with van der Waals surface area (Å²) in [5.41, 5.74) is 0. The molecule has 1 aromatic heterocycles. The molecule has 1 fully saturated rings. The molecule has 1 aliphatic rings. The molecule has 2 rings (SSSR count). The molecule has 1 aromatic rings. The van der Waals surface area contributed by atoms with Gasteiger partial charge in [0, 0.05) is 13.1 Å². The van der Waals surface area contributed by atoms with Crippen LogP contribution in [0.5, 0.6) is 0 Å². The molecule has 0 bridgehead atoms. The van der Waals surface area contributed by atoms with Crippen molar-refractivity contribution in [3.05, 3.63) is 12.2 Å². The number of rotatable bonds is 3. The Morgan fingerprint density at radius 3 is 2.93 bits per heavy atom. The molecule has 2 N–H and O–H groups in total. The van der Waals surface area contributed by atoms with E-state index < -0.39 is 0 Å². The molecule has 3 unspecified atom stereocenters. The third-order valence-corrected chi connectivity index (χ3v) is 3.08. The van der Waals surface area contributed by atoms with Gasteiger partial charge in [-0.25, -0.2) is 0 Å². The molecule has 1 aliphatic carbocycles. The maximum absolute atomic E-state index is 9.70. The van der Waals surface area contributed by atoms with Crippen molar-refractivity contribution in [2.24, 2.45) is 7.05 Å². The highest BCUT2D eigenvalue weighted by molar-refractivity contribution is 4.95. The summed E-state index contributed by atoms with van der Waals surface area (Å²) in [5, 5.41) is 21.0. The highest BCUT2D eigenvalue weighted by atomic mass is 16.3. The van der Waals surface area contributed by atoms with Crippen LogP contribution in [0.1, 0.15) is 38.1 Å². The van der Waals surface area contributed by atoms with E-state index in [9.17, 15) is 5.11 Å². The van der Waals surface area contributed by atoms with Crippen LogP contribution >= 0.6 is 0 Å². The van der Waals surface area contributed by atoms with Gasteiger partial charge in [-0.2, -0.15) is 0 Å². The Bertz CT molecular complexity index is 325. The zero-order chi connectivity index (χ0) is 10.8. The van der Waals surface area contributed by atoms with E-state index in [1.807, 2.05) is 11.6 Å². The zero-order valence-electron chi connectivity index (χ0n) is 9.22. The molecule has 15 heavy (non-hydrogen) atoms. The summed E-state index contributed by atoms with van der Waals surface area (Å²) < 4.78 is 1.90. The van der Waals surface area contributed by atoms with Crippen LogP contribution in [0.15, 0.2) is 6.33 Å². The SMILES string of the molecule is CC(NC1CCCC1O)c1nncn1C. The summed E-state index contributed by atoms with van der Waals surface area (Å²) in [7, 11) is 1.93. The van der Waals surface area contributed by atoms with Crippen molar-refractivity contribution in [1.29, 1.82) is 0 Å². The molecule has 0 aliphatic heterocycles. The van der Waals surface area contributed by atoms with Crippen molar-refractivity contribution < 1.29 is 5.11 Å². The fourth-order valence-electron chi connectivity index (χ4n) is 2.21. The molecular weight excluding hydrogens is 192 g/mol. The minimum absolute atomic E-state index is 0.134. The number of nitrogens with one attached hydrogen (secondary N) is 1. The number of aromatic nitrogens is 3. The van der Waals surface area contributed by atoms with E-state index in [0.29, 0.717) is 0 Å². The smallest absolute Gasteiger partial charge is 0.149 e. The summed E-state index contributed by atoms with van der Waals surface area (Å²) in [6.45, 7) is 2.05. The van der Waals surface area contributed by atoms with Crippen LogP contribution in [-0.4, -0.2) is 32.0 Å². The van der Waals surface area contributed by atoms with Gasteiger partial charge in [-0.1, -0.05) is 0 Å². The minimum Gasteiger partial charge on any atom is -0.392 e. The minimum atomic E-state index is -0.208. The summed E-state index contributed by atoms with van der Waals surface area (Å²) in [6.07, 6.45) is 4.54. The Labute approximate surface area is 89.5 Å². The molecule has 84 valence electrons. The molecule has 1 heterocycles. The van der Waals surface area contributed by atoms with E-state index in [1.165, 1.54) is 0 Å². The fourth-order valence-corrected chi connectivity index (χ4v) is 2.21. The van der Waals surface area contributed by atoms with E-state index in [0.717, 1.165) is 25.1 Å². The first-order valence-corrected chi connectivity index (χ1v) is 5.46. The molecule has 0 amide bonds. The van der Waals surface area contributed by atoms with E-state index in [-0.39, 0.29) is 18.2 Å². The molecule has 0 radical (unpaired) electrons. The topological polar surface area (TPSA) is 63.0 Å². The fraction of sp³-hybridized carbons (Fsp3) is 0.800. The molecule has 5 heteroatoms. The lowest BCUT2D eigenvalue weighted by atomic mass is 10.2. The van der Waals surface area contributed by atoms with Crippen molar-refractivity contribution in [2.75, 3.05) is 0 Å². The second-order valence-corrected chi connectivity index (χ2v) is 4.29. The molecule has 0 spiro atoms. The standard InChI is InChI=1S/C10H18N4O/c1-7(10-13-11-6-14(10)2)12-8-4-3-5-9(8)15/h6-9,12,15H,3-5H2,1-2H3. The number of aryl methyl sites for hydroxylation is 1. The Balaban J connectivity index is 1.97. The monoisotopic (exact) mass is 210 g/mol. The lowest BCUT2D eigenvalue weighted by Gasteiger charge is -2.21. The third-order valence-electron chi connectivity index (χ3n) is 3.08. The predicted molar refractivity (Wildman–Crippen MR) is 56.2 cm³/mol. The Hall–Kier alpha value is -0.940. The van der Waals surface area contributed by atoms with Gasteiger partial charge >= 0.3 is 0 Å². The van der Waals surface area contributed by atoms with Crippen molar-refractivity contribution in [3.8, 4) is 0 Å². The largest absolute Gasteiger partial charge is 0.392 e. The first kappa shape index (κ1) is 10.6. The van der Waals surface area contributed by atoms with Gasteiger partial charge in [0.25, 0.3) is 0 Å².